The summed E-state index contributed by atoms with van der Waals surface area (Å²) in [6.45, 7) is 0. The van der Waals surface area contributed by atoms with E-state index >= 15 is 0 Å². The summed E-state index contributed by atoms with van der Waals surface area (Å²) in [7, 11) is 0. The summed E-state index contributed by atoms with van der Waals surface area (Å²) in [4.78, 5) is 0. The van der Waals surface area contributed by atoms with Crippen molar-refractivity contribution in [3.8, 4) is 0 Å². The Hall–Kier alpha value is 1.47. The lowest BCUT2D eigenvalue weighted by Gasteiger charge is -2.13. The number of hydrogen-bond donors (Lipinski definition) is 0. The Labute approximate surface area is 122 Å². The molecule has 0 nitrogen and oxygen atoms in total. The van der Waals surface area contributed by atoms with E-state index in [1.807, 2.05) is 0 Å². The second-order valence-corrected chi connectivity index (χ2v) is 13.4. The lowest BCUT2D eigenvalue weighted by molar-refractivity contribution is 1.38. The number of benzene rings is 1. The average Bonchev–Trinajstić information content (AvgIpc) is 2.07. The van der Waals surface area contributed by atoms with Crippen molar-refractivity contribution in [2.24, 2.45) is 0 Å². The molecule has 0 aliphatic carbocycles. The zero-order valence-electron chi connectivity index (χ0n) is 6.93. The van der Waals surface area contributed by atoms with E-state index in [4.69, 9.17) is 79.6 Å². The van der Waals surface area contributed by atoms with Crippen LogP contribution in [0.2, 0.25) is 20.1 Å². The van der Waals surface area contributed by atoms with E-state index < -0.39 is 6.00 Å². The zero-order chi connectivity index (χ0) is 11.8. The van der Waals surface area contributed by atoms with Gasteiger partial charge in [0.25, 0.3) is 0 Å². The molecule has 15 heavy (non-hydrogen) atoms. The molecule has 1 aromatic carbocycles. The van der Waals surface area contributed by atoms with Gasteiger partial charge in [0.1, 0.15) is 0 Å². The number of hydrogen-bond acceptors (Lipinski definition) is 0. The van der Waals surface area contributed by atoms with Gasteiger partial charge in [-0.25, -0.2) is 0 Å². The van der Waals surface area contributed by atoms with E-state index in [1.165, 1.54) is 6.07 Å². The molecule has 0 aliphatic rings. The Balaban J connectivity index is 3.24. The first-order valence-electron chi connectivity index (χ1n) is 3.61. The highest BCUT2D eigenvalue weighted by Gasteiger charge is 2.29. The van der Waals surface area contributed by atoms with Crippen molar-refractivity contribution in [1.82, 2.24) is 0 Å². The lowest BCUT2D eigenvalue weighted by Crippen LogP contribution is -2.15. The molecule has 8 heteroatoms. The van der Waals surface area contributed by atoms with Crippen LogP contribution in [0.25, 0.3) is 0 Å². The Kier molecular flexibility index (Phi) is 5.24. The van der Waals surface area contributed by atoms with Gasteiger partial charge in [0.15, 0.2) is 0 Å². The molecule has 0 saturated carbocycles. The number of rotatable bonds is 2. The summed E-state index contributed by atoms with van der Waals surface area (Å²) in [6, 6.07) is -1.17. The van der Waals surface area contributed by atoms with Gasteiger partial charge in [-0.1, -0.05) is 46.4 Å². The van der Waals surface area contributed by atoms with E-state index in [9.17, 15) is 0 Å². The lowest BCUT2D eigenvalue weighted by atomic mass is 10.2. The van der Waals surface area contributed by atoms with Gasteiger partial charge in [0, 0.05) is 11.1 Å². The minimum atomic E-state index is -2.86. The molecule has 84 valence electrons. The monoisotopic (exact) mass is 360 g/mol. The van der Waals surface area contributed by atoms with Crippen molar-refractivity contribution in [2.75, 3.05) is 0 Å². The summed E-state index contributed by atoms with van der Waals surface area (Å²) in [6.07, 6.45) is 0. The molecule has 0 atom stereocenters. The topological polar surface area (TPSA) is 0 Å². The zero-order valence-corrected chi connectivity index (χ0v) is 13.2. The Morgan fingerprint density at radius 3 is 1.87 bits per heavy atom. The van der Waals surface area contributed by atoms with Gasteiger partial charge in [-0.15, -0.1) is 33.2 Å². The Morgan fingerprint density at radius 2 is 1.40 bits per heavy atom. The Morgan fingerprint density at radius 1 is 0.867 bits per heavy atom. The highest BCUT2D eigenvalue weighted by Crippen LogP contribution is 2.40. The third-order valence-electron chi connectivity index (χ3n) is 1.59. The molecule has 1 rings (SSSR count). The molecular weight excluding hydrogens is 360 g/mol. The third-order valence-corrected chi connectivity index (χ3v) is 5.18. The molecule has 0 N–H and O–H groups in total. The SMILES string of the molecule is Clc1cc(Cl)c(C[Si](Cl)(Cl)Cl)c(Cl)c1Cl. The molecule has 0 unspecified atom stereocenters. The molecule has 0 amide bonds. The maximum absolute atomic E-state index is 5.96. The first-order valence-corrected chi connectivity index (χ1v) is 10.4. The summed E-state index contributed by atoms with van der Waals surface area (Å²) in [5.74, 6) is 0. The molecule has 0 bridgehead atoms. The minimum absolute atomic E-state index is 0.201. The standard InChI is InChI=1S/C7H3Cl7Si/c8-4-1-5(9)7(11)6(10)3(4)2-15(12,13)14/h1H,2H2. The second kappa shape index (κ2) is 5.41. The van der Waals surface area contributed by atoms with Gasteiger partial charge in [0.2, 0.25) is 0 Å². The molecule has 0 fully saturated rings. The van der Waals surface area contributed by atoms with Crippen molar-refractivity contribution >= 4 is 85.6 Å². The minimum Gasteiger partial charge on any atom is -0.126 e. The highest BCUT2D eigenvalue weighted by atomic mass is 35.8. The van der Waals surface area contributed by atoms with Gasteiger partial charge in [0.05, 0.1) is 15.1 Å². The molecule has 0 aliphatic heterocycles. The molecule has 0 heterocycles. The van der Waals surface area contributed by atoms with Crippen LogP contribution in [-0.2, 0) is 6.04 Å². The van der Waals surface area contributed by atoms with Crippen LogP contribution < -0.4 is 0 Å². The quantitative estimate of drug-likeness (QED) is 0.260. The summed E-state index contributed by atoms with van der Waals surface area (Å²) >= 11 is 40.8. The molecular formula is C7H3Cl7Si. The van der Waals surface area contributed by atoms with Crippen molar-refractivity contribution in [3.05, 3.63) is 31.7 Å². The van der Waals surface area contributed by atoms with Gasteiger partial charge < -0.3 is 0 Å². The smallest absolute Gasteiger partial charge is 0.126 e. The summed E-state index contributed by atoms with van der Waals surface area (Å²) < 4.78 is 0. The van der Waals surface area contributed by atoms with E-state index in [2.05, 4.69) is 0 Å². The normalized spacial score (nSPS) is 11.9. The molecule has 1 aromatic rings. The van der Waals surface area contributed by atoms with Crippen molar-refractivity contribution in [1.29, 1.82) is 0 Å². The van der Waals surface area contributed by atoms with Crippen molar-refractivity contribution in [2.45, 2.75) is 6.04 Å². The van der Waals surface area contributed by atoms with Gasteiger partial charge in [-0.3, -0.25) is 0 Å². The molecule has 0 saturated heterocycles. The summed E-state index contributed by atoms with van der Waals surface area (Å²) in [5, 5.41) is 1.10. The van der Waals surface area contributed by atoms with Crippen LogP contribution in [0.15, 0.2) is 6.07 Å². The van der Waals surface area contributed by atoms with Crippen LogP contribution in [-0.4, -0.2) is 6.00 Å². The maximum Gasteiger partial charge on any atom is 0.345 e. The van der Waals surface area contributed by atoms with E-state index in [-0.39, 0.29) is 21.1 Å². The van der Waals surface area contributed by atoms with Crippen LogP contribution in [0, 0.1) is 0 Å². The predicted molar refractivity (Wildman–Crippen MR) is 73.5 cm³/mol. The fraction of sp³-hybridized carbons (Fsp3) is 0.143. The Bertz CT molecular complexity index is 384. The first-order chi connectivity index (χ1) is 6.72. The van der Waals surface area contributed by atoms with E-state index in [0.29, 0.717) is 10.6 Å². The molecule has 0 radical (unpaired) electrons. The van der Waals surface area contributed by atoms with Crippen molar-refractivity contribution in [3.63, 3.8) is 0 Å². The van der Waals surface area contributed by atoms with Gasteiger partial charge >= 0.3 is 6.00 Å². The van der Waals surface area contributed by atoms with Crippen LogP contribution in [0.4, 0.5) is 0 Å². The summed E-state index contributed by atoms with van der Waals surface area (Å²) in [5.41, 5.74) is 0.527. The largest absolute Gasteiger partial charge is 0.345 e. The van der Waals surface area contributed by atoms with Crippen LogP contribution >= 0.6 is 79.6 Å². The fourth-order valence-electron chi connectivity index (χ4n) is 0.966. The molecule has 0 spiro atoms. The average molecular weight is 363 g/mol. The molecule has 0 aromatic heterocycles. The van der Waals surface area contributed by atoms with Crippen molar-refractivity contribution < 1.29 is 0 Å². The van der Waals surface area contributed by atoms with Crippen LogP contribution in [0.3, 0.4) is 0 Å². The van der Waals surface area contributed by atoms with Gasteiger partial charge in [-0.05, 0) is 11.6 Å². The van der Waals surface area contributed by atoms with Crippen LogP contribution in [0.1, 0.15) is 5.56 Å². The fourth-order valence-corrected chi connectivity index (χ4v) is 4.23. The van der Waals surface area contributed by atoms with Gasteiger partial charge in [-0.2, -0.15) is 0 Å². The predicted octanol–water partition coefficient (Wildman–Crippen LogP) is 6.04. The first kappa shape index (κ1) is 14.5. The highest BCUT2D eigenvalue weighted by molar-refractivity contribution is 7.64. The van der Waals surface area contributed by atoms with E-state index in [1.54, 1.807) is 0 Å². The number of halogens is 7. The van der Waals surface area contributed by atoms with E-state index in [0.717, 1.165) is 0 Å². The second-order valence-electron chi connectivity index (χ2n) is 2.74. The maximum atomic E-state index is 5.96. The third kappa shape index (κ3) is 4.00. The van der Waals surface area contributed by atoms with Crippen LogP contribution in [0.5, 0.6) is 0 Å².